The molecule has 1 heterocycles. The number of methoxy groups -OCH3 is 1. The van der Waals surface area contributed by atoms with Crippen molar-refractivity contribution in [3.63, 3.8) is 0 Å². The number of benzene rings is 2. The van der Waals surface area contributed by atoms with Gasteiger partial charge in [-0.25, -0.2) is 0 Å². The second kappa shape index (κ2) is 6.84. The second-order valence-corrected chi connectivity index (χ2v) is 6.85. The molecule has 1 aliphatic rings. The van der Waals surface area contributed by atoms with Crippen molar-refractivity contribution >= 4 is 11.9 Å². The zero-order valence-electron chi connectivity index (χ0n) is 15.0. The lowest BCUT2D eigenvalue weighted by Crippen LogP contribution is -2.22. The number of rotatable bonds is 4. The van der Waals surface area contributed by atoms with E-state index in [1.54, 1.807) is 19.9 Å². The highest BCUT2D eigenvalue weighted by molar-refractivity contribution is 6.04. The lowest BCUT2D eigenvalue weighted by Gasteiger charge is -2.28. The molecule has 0 saturated heterocycles. The van der Waals surface area contributed by atoms with Gasteiger partial charge in [0, 0.05) is 6.07 Å². The van der Waals surface area contributed by atoms with Gasteiger partial charge < -0.3 is 19.7 Å². The van der Waals surface area contributed by atoms with Gasteiger partial charge in [0.15, 0.2) is 5.78 Å². The van der Waals surface area contributed by atoms with Gasteiger partial charge in [0.25, 0.3) is 0 Å². The SMILES string of the molecule is COc1cc(O)c(C=CC(C)(C)O)c2c1C(=O)C[C@H](c1ccccc1)O2. The smallest absolute Gasteiger partial charge is 0.174 e. The predicted octanol–water partition coefficient (Wildman–Crippen LogP) is 3.89. The number of aromatic hydroxyl groups is 1. The molecule has 136 valence electrons. The summed E-state index contributed by atoms with van der Waals surface area (Å²) in [6, 6.07) is 10.9. The van der Waals surface area contributed by atoms with Crippen molar-refractivity contribution in [1.29, 1.82) is 0 Å². The Kier molecular flexibility index (Phi) is 4.74. The van der Waals surface area contributed by atoms with Crippen LogP contribution in [0.4, 0.5) is 0 Å². The average Bonchev–Trinajstić information content (AvgIpc) is 2.59. The Balaban J connectivity index is 2.14. The lowest BCUT2D eigenvalue weighted by atomic mass is 9.92. The first-order chi connectivity index (χ1) is 12.3. The monoisotopic (exact) mass is 354 g/mol. The van der Waals surface area contributed by atoms with E-state index in [9.17, 15) is 15.0 Å². The van der Waals surface area contributed by atoms with Crippen LogP contribution in [0.3, 0.4) is 0 Å². The van der Waals surface area contributed by atoms with Crippen molar-refractivity contribution in [2.45, 2.75) is 32.0 Å². The number of hydrogen-bond donors (Lipinski definition) is 2. The summed E-state index contributed by atoms with van der Waals surface area (Å²) in [5, 5.41) is 20.4. The van der Waals surface area contributed by atoms with E-state index in [0.717, 1.165) is 5.56 Å². The quantitative estimate of drug-likeness (QED) is 0.871. The number of carbonyl (C=O) groups is 1. The second-order valence-electron chi connectivity index (χ2n) is 6.85. The molecule has 0 fully saturated rings. The fourth-order valence-corrected chi connectivity index (χ4v) is 2.94. The summed E-state index contributed by atoms with van der Waals surface area (Å²) < 4.78 is 11.4. The van der Waals surface area contributed by atoms with E-state index in [0.29, 0.717) is 11.1 Å². The van der Waals surface area contributed by atoms with Crippen molar-refractivity contribution < 1.29 is 24.5 Å². The van der Waals surface area contributed by atoms with E-state index in [4.69, 9.17) is 9.47 Å². The summed E-state index contributed by atoms with van der Waals surface area (Å²) in [5.74, 6) is 0.347. The summed E-state index contributed by atoms with van der Waals surface area (Å²) in [6.07, 6.45) is 2.84. The Morgan fingerprint density at radius 1 is 1.27 bits per heavy atom. The Labute approximate surface area is 152 Å². The third-order valence-electron chi connectivity index (χ3n) is 4.22. The zero-order valence-corrected chi connectivity index (χ0v) is 15.0. The minimum atomic E-state index is -1.07. The van der Waals surface area contributed by atoms with Gasteiger partial charge in [-0.1, -0.05) is 36.4 Å². The fourth-order valence-electron chi connectivity index (χ4n) is 2.94. The minimum absolute atomic E-state index is 0.0809. The third kappa shape index (κ3) is 3.58. The molecule has 0 amide bonds. The molecule has 0 bridgehead atoms. The van der Waals surface area contributed by atoms with Gasteiger partial charge in [0.1, 0.15) is 28.9 Å². The molecule has 0 saturated carbocycles. The minimum Gasteiger partial charge on any atom is -0.507 e. The first-order valence-electron chi connectivity index (χ1n) is 8.40. The van der Waals surface area contributed by atoms with Crippen LogP contribution in [0, 0.1) is 0 Å². The largest absolute Gasteiger partial charge is 0.507 e. The number of phenolic OH excluding ortho intramolecular Hbond substituents is 1. The van der Waals surface area contributed by atoms with E-state index in [1.807, 2.05) is 30.3 Å². The fraction of sp³-hybridized carbons (Fsp3) is 0.286. The Hall–Kier alpha value is -2.79. The standard InChI is InChI=1S/C21H22O5/c1-21(2,24)10-9-14-15(22)11-18(25-3)19-16(23)12-17(26-20(14)19)13-7-5-4-6-8-13/h4-11,17,22,24H,12H2,1-3H3/t17-/m1/s1. The summed E-state index contributed by atoms with van der Waals surface area (Å²) in [4.78, 5) is 12.8. The number of ether oxygens (including phenoxy) is 2. The first-order valence-corrected chi connectivity index (χ1v) is 8.40. The number of hydrogen-bond acceptors (Lipinski definition) is 5. The van der Waals surface area contributed by atoms with Crippen LogP contribution < -0.4 is 9.47 Å². The molecule has 2 aromatic rings. The van der Waals surface area contributed by atoms with Crippen molar-refractivity contribution in [3.05, 3.63) is 59.2 Å². The molecule has 0 aromatic heterocycles. The number of ketones is 1. The number of fused-ring (bicyclic) bond motifs is 1. The van der Waals surface area contributed by atoms with E-state index in [-0.39, 0.29) is 29.5 Å². The number of phenols is 1. The highest BCUT2D eigenvalue weighted by atomic mass is 16.5. The maximum absolute atomic E-state index is 12.8. The van der Waals surface area contributed by atoms with E-state index >= 15 is 0 Å². The molecule has 2 aromatic carbocycles. The van der Waals surface area contributed by atoms with Crippen LogP contribution in [-0.4, -0.2) is 28.7 Å². The molecule has 2 N–H and O–H groups in total. The Morgan fingerprint density at radius 3 is 2.58 bits per heavy atom. The first kappa shape index (κ1) is 18.0. The molecule has 5 nitrogen and oxygen atoms in total. The van der Waals surface area contributed by atoms with E-state index in [1.165, 1.54) is 19.3 Å². The van der Waals surface area contributed by atoms with Gasteiger partial charge in [0.2, 0.25) is 0 Å². The molecule has 0 aliphatic carbocycles. The molecule has 0 radical (unpaired) electrons. The van der Waals surface area contributed by atoms with Crippen molar-refractivity contribution in [1.82, 2.24) is 0 Å². The molecule has 26 heavy (non-hydrogen) atoms. The van der Waals surface area contributed by atoms with Crippen LogP contribution in [0.15, 0.2) is 42.5 Å². The van der Waals surface area contributed by atoms with Crippen LogP contribution in [0.2, 0.25) is 0 Å². The van der Waals surface area contributed by atoms with E-state index in [2.05, 4.69) is 0 Å². The molecule has 1 aliphatic heterocycles. The summed E-state index contributed by atoms with van der Waals surface area (Å²) in [7, 11) is 1.44. The molecule has 3 rings (SSSR count). The average molecular weight is 354 g/mol. The highest BCUT2D eigenvalue weighted by Crippen LogP contribution is 2.46. The molecular formula is C21H22O5. The summed E-state index contributed by atoms with van der Waals surface area (Å²) >= 11 is 0. The summed E-state index contributed by atoms with van der Waals surface area (Å²) in [5.41, 5.74) is 0.465. The van der Waals surface area contributed by atoms with Gasteiger partial charge in [-0.15, -0.1) is 0 Å². The summed E-state index contributed by atoms with van der Waals surface area (Å²) in [6.45, 7) is 3.24. The van der Waals surface area contributed by atoms with Crippen molar-refractivity contribution in [3.8, 4) is 17.2 Å². The normalized spacial score (nSPS) is 17.1. The molecule has 0 unspecified atom stereocenters. The van der Waals surface area contributed by atoms with Crippen LogP contribution in [-0.2, 0) is 0 Å². The molecule has 1 atom stereocenters. The Morgan fingerprint density at radius 2 is 1.96 bits per heavy atom. The number of aliphatic hydroxyl groups is 1. The topological polar surface area (TPSA) is 76.0 Å². The molecule has 5 heteroatoms. The van der Waals surface area contributed by atoms with Crippen LogP contribution >= 0.6 is 0 Å². The Bertz CT molecular complexity index is 847. The van der Waals surface area contributed by atoms with Crippen LogP contribution in [0.1, 0.15) is 47.9 Å². The molecular weight excluding hydrogens is 332 g/mol. The highest BCUT2D eigenvalue weighted by Gasteiger charge is 2.33. The third-order valence-corrected chi connectivity index (χ3v) is 4.22. The zero-order chi connectivity index (χ0) is 18.9. The van der Waals surface area contributed by atoms with E-state index < -0.39 is 11.7 Å². The number of carbonyl (C=O) groups excluding carboxylic acids is 1. The van der Waals surface area contributed by atoms with Gasteiger partial charge in [-0.2, -0.15) is 0 Å². The van der Waals surface area contributed by atoms with Crippen molar-refractivity contribution in [2.75, 3.05) is 7.11 Å². The van der Waals surface area contributed by atoms with Crippen LogP contribution in [0.5, 0.6) is 17.2 Å². The van der Waals surface area contributed by atoms with Crippen molar-refractivity contribution in [2.24, 2.45) is 0 Å². The molecule has 0 spiro atoms. The van der Waals surface area contributed by atoms with Gasteiger partial charge >= 0.3 is 0 Å². The maximum atomic E-state index is 12.8. The van der Waals surface area contributed by atoms with Gasteiger partial charge in [-0.05, 0) is 25.5 Å². The van der Waals surface area contributed by atoms with Crippen LogP contribution in [0.25, 0.3) is 6.08 Å². The predicted molar refractivity (Wildman–Crippen MR) is 98.7 cm³/mol. The number of Topliss-reactive ketones (excluding diaryl/α,β-unsaturated/α-hetero) is 1. The van der Waals surface area contributed by atoms with Gasteiger partial charge in [0.05, 0.1) is 24.7 Å². The van der Waals surface area contributed by atoms with Gasteiger partial charge in [-0.3, -0.25) is 4.79 Å². The lowest BCUT2D eigenvalue weighted by molar-refractivity contribution is 0.0843. The maximum Gasteiger partial charge on any atom is 0.174 e.